The van der Waals surface area contributed by atoms with E-state index in [0.29, 0.717) is 11.4 Å². The van der Waals surface area contributed by atoms with Crippen LogP contribution in [0.25, 0.3) is 0 Å². The van der Waals surface area contributed by atoms with Gasteiger partial charge in [-0.2, -0.15) is 0 Å². The molecule has 0 radical (unpaired) electrons. The van der Waals surface area contributed by atoms with Gasteiger partial charge in [0.15, 0.2) is 6.04 Å². The molecule has 2 atom stereocenters. The number of benzene rings is 2. The third-order valence-electron chi connectivity index (χ3n) is 3.92. The number of hydrogen-bond acceptors (Lipinski definition) is 2. The van der Waals surface area contributed by atoms with E-state index in [2.05, 4.69) is 27.3 Å². The first-order chi connectivity index (χ1) is 11.0. The maximum absolute atomic E-state index is 12.5. The molecule has 0 spiro atoms. The van der Waals surface area contributed by atoms with Crippen LogP contribution in [0, 0.1) is 0 Å². The summed E-state index contributed by atoms with van der Waals surface area (Å²) in [7, 11) is 3.62. The Morgan fingerprint density at radius 2 is 1.87 bits per heavy atom. The fourth-order valence-corrected chi connectivity index (χ4v) is 2.73. The summed E-state index contributed by atoms with van der Waals surface area (Å²) in [5, 5.41) is 2.95. The number of likely N-dealkylation sites (N-methyl/N-ethyl adjacent to an activating group) is 1. The molecule has 23 heavy (non-hydrogen) atoms. The van der Waals surface area contributed by atoms with Crippen LogP contribution in [0.5, 0.6) is 5.75 Å². The van der Waals surface area contributed by atoms with Crippen molar-refractivity contribution in [2.75, 3.05) is 19.5 Å². The zero-order chi connectivity index (χ0) is 16.8. The number of carbonyl (C=O) groups excluding carboxylic acids is 1. The predicted molar refractivity (Wildman–Crippen MR) is 95.8 cm³/mol. The largest absolute Gasteiger partial charge is 0.495 e. The summed E-state index contributed by atoms with van der Waals surface area (Å²) < 4.78 is 6.34. The van der Waals surface area contributed by atoms with Gasteiger partial charge in [0, 0.05) is 10.0 Å². The van der Waals surface area contributed by atoms with Crippen LogP contribution in [0.15, 0.2) is 53.0 Å². The normalized spacial score (nSPS) is 13.2. The molecular weight excluding hydrogens is 356 g/mol. The zero-order valence-electron chi connectivity index (χ0n) is 13.6. The molecule has 0 aliphatic carbocycles. The Morgan fingerprint density at radius 3 is 2.57 bits per heavy atom. The van der Waals surface area contributed by atoms with Crippen LogP contribution in [0.1, 0.15) is 12.5 Å². The number of amides is 1. The minimum Gasteiger partial charge on any atom is -0.495 e. The highest BCUT2D eigenvalue weighted by Gasteiger charge is 2.23. The summed E-state index contributed by atoms with van der Waals surface area (Å²) in [5.41, 5.74) is 1.88. The number of carbonyl (C=O) groups is 1. The highest BCUT2D eigenvalue weighted by molar-refractivity contribution is 9.10. The van der Waals surface area contributed by atoms with Gasteiger partial charge in [-0.25, -0.2) is 0 Å². The molecule has 0 saturated carbocycles. The van der Waals surface area contributed by atoms with Crippen LogP contribution >= 0.6 is 15.9 Å². The van der Waals surface area contributed by atoms with Gasteiger partial charge in [0.25, 0.3) is 5.91 Å². The van der Waals surface area contributed by atoms with Crippen LogP contribution in [0.2, 0.25) is 0 Å². The van der Waals surface area contributed by atoms with Crippen LogP contribution in [0.3, 0.4) is 0 Å². The Bertz CT molecular complexity index is 676. The Balaban J connectivity index is 2.03. The van der Waals surface area contributed by atoms with Crippen molar-refractivity contribution in [2.24, 2.45) is 0 Å². The molecule has 1 unspecified atom stereocenters. The highest BCUT2D eigenvalue weighted by Crippen LogP contribution is 2.23. The van der Waals surface area contributed by atoms with E-state index in [-0.39, 0.29) is 11.9 Å². The quantitative estimate of drug-likeness (QED) is 0.811. The average molecular weight is 378 g/mol. The molecule has 0 aliphatic rings. The van der Waals surface area contributed by atoms with Crippen LogP contribution < -0.4 is 15.0 Å². The lowest BCUT2D eigenvalue weighted by Crippen LogP contribution is -3.12. The van der Waals surface area contributed by atoms with E-state index in [1.54, 1.807) is 7.11 Å². The van der Waals surface area contributed by atoms with Crippen LogP contribution in [-0.2, 0) is 11.3 Å². The molecule has 0 fully saturated rings. The van der Waals surface area contributed by atoms with Crippen molar-refractivity contribution in [3.63, 3.8) is 0 Å². The first-order valence-electron chi connectivity index (χ1n) is 7.52. The van der Waals surface area contributed by atoms with E-state index in [0.717, 1.165) is 15.9 Å². The molecular formula is C18H22BrN2O2+. The van der Waals surface area contributed by atoms with Crippen molar-refractivity contribution in [2.45, 2.75) is 19.5 Å². The Kier molecular flexibility index (Phi) is 6.19. The topological polar surface area (TPSA) is 42.8 Å². The Labute approximate surface area is 145 Å². The number of halogens is 1. The second kappa shape index (κ2) is 8.13. The molecule has 2 aromatic rings. The minimum atomic E-state index is -0.188. The molecule has 122 valence electrons. The number of anilines is 1. The molecule has 0 saturated heterocycles. The molecule has 5 heteroatoms. The van der Waals surface area contributed by atoms with Gasteiger partial charge in [-0.05, 0) is 25.1 Å². The van der Waals surface area contributed by atoms with Gasteiger partial charge in [0.2, 0.25) is 0 Å². The van der Waals surface area contributed by atoms with Crippen molar-refractivity contribution in [3.05, 3.63) is 58.6 Å². The molecule has 2 aromatic carbocycles. The molecule has 2 rings (SSSR count). The predicted octanol–water partition coefficient (Wildman–Crippen LogP) is 2.50. The summed E-state index contributed by atoms with van der Waals surface area (Å²) in [6, 6.07) is 15.3. The SMILES string of the molecule is COc1ccccc1NC(=O)[C@H](C)[NH+](C)Cc1ccccc1Br. The highest BCUT2D eigenvalue weighted by atomic mass is 79.9. The van der Waals surface area contributed by atoms with E-state index < -0.39 is 0 Å². The summed E-state index contributed by atoms with van der Waals surface area (Å²) in [5.74, 6) is 0.635. The van der Waals surface area contributed by atoms with Gasteiger partial charge >= 0.3 is 0 Å². The van der Waals surface area contributed by atoms with E-state index >= 15 is 0 Å². The molecule has 4 nitrogen and oxygen atoms in total. The average Bonchev–Trinajstić information content (AvgIpc) is 2.56. The van der Waals surface area contributed by atoms with E-state index in [4.69, 9.17) is 4.74 Å². The van der Waals surface area contributed by atoms with Gasteiger partial charge in [-0.1, -0.05) is 46.3 Å². The number of hydrogen-bond donors (Lipinski definition) is 2. The van der Waals surface area contributed by atoms with E-state index in [1.165, 1.54) is 5.56 Å². The molecule has 0 bridgehead atoms. The molecule has 2 N–H and O–H groups in total. The summed E-state index contributed by atoms with van der Waals surface area (Å²) in [6.07, 6.45) is 0. The van der Waals surface area contributed by atoms with Gasteiger partial charge in [0.1, 0.15) is 12.3 Å². The lowest BCUT2D eigenvalue weighted by molar-refractivity contribution is -0.907. The van der Waals surface area contributed by atoms with Crippen molar-refractivity contribution in [3.8, 4) is 5.75 Å². The molecule has 0 aromatic heterocycles. The van der Waals surface area contributed by atoms with Gasteiger partial charge < -0.3 is 15.0 Å². The van der Waals surface area contributed by atoms with E-state index in [1.807, 2.05) is 56.4 Å². The lowest BCUT2D eigenvalue weighted by atomic mass is 10.2. The Morgan fingerprint density at radius 1 is 1.22 bits per heavy atom. The molecule has 0 aliphatic heterocycles. The third-order valence-corrected chi connectivity index (χ3v) is 4.70. The molecule has 0 heterocycles. The Hall–Kier alpha value is -1.85. The minimum absolute atomic E-state index is 0.0287. The van der Waals surface area contributed by atoms with Crippen molar-refractivity contribution in [1.29, 1.82) is 0 Å². The number of nitrogens with one attached hydrogen (secondary N) is 2. The fraction of sp³-hybridized carbons (Fsp3) is 0.278. The fourth-order valence-electron chi connectivity index (χ4n) is 2.31. The second-order valence-electron chi connectivity index (χ2n) is 5.53. The zero-order valence-corrected chi connectivity index (χ0v) is 15.2. The maximum Gasteiger partial charge on any atom is 0.282 e. The first-order valence-corrected chi connectivity index (χ1v) is 8.31. The monoisotopic (exact) mass is 377 g/mol. The summed E-state index contributed by atoms with van der Waals surface area (Å²) in [6.45, 7) is 2.69. The number of para-hydroxylation sites is 2. The number of rotatable bonds is 6. The van der Waals surface area contributed by atoms with Gasteiger partial charge in [0.05, 0.1) is 19.8 Å². The van der Waals surface area contributed by atoms with Gasteiger partial charge in [-0.3, -0.25) is 4.79 Å². The van der Waals surface area contributed by atoms with Crippen LogP contribution in [-0.4, -0.2) is 26.1 Å². The number of methoxy groups -OCH3 is 1. The maximum atomic E-state index is 12.5. The van der Waals surface area contributed by atoms with Crippen molar-refractivity contribution >= 4 is 27.5 Å². The standard InChI is InChI=1S/C18H21BrN2O2/c1-13(21(2)12-14-8-4-5-9-15(14)19)18(22)20-16-10-6-7-11-17(16)23-3/h4-11,13H,12H2,1-3H3,(H,20,22)/p+1/t13-/m0/s1. The third kappa shape index (κ3) is 4.56. The number of quaternary nitrogens is 1. The van der Waals surface area contributed by atoms with E-state index in [9.17, 15) is 4.79 Å². The summed E-state index contributed by atoms with van der Waals surface area (Å²) >= 11 is 3.55. The van der Waals surface area contributed by atoms with Crippen LogP contribution in [0.4, 0.5) is 5.69 Å². The summed E-state index contributed by atoms with van der Waals surface area (Å²) in [4.78, 5) is 13.6. The smallest absolute Gasteiger partial charge is 0.282 e. The number of ether oxygens (including phenoxy) is 1. The van der Waals surface area contributed by atoms with Gasteiger partial charge in [-0.15, -0.1) is 0 Å². The lowest BCUT2D eigenvalue weighted by Gasteiger charge is -2.22. The first kappa shape index (κ1) is 17.5. The van der Waals surface area contributed by atoms with Crippen molar-refractivity contribution in [1.82, 2.24) is 0 Å². The molecule has 1 amide bonds. The second-order valence-corrected chi connectivity index (χ2v) is 6.38. The van der Waals surface area contributed by atoms with Crippen molar-refractivity contribution < 1.29 is 14.4 Å².